The summed E-state index contributed by atoms with van der Waals surface area (Å²) in [5.74, 6) is 3.01. The molecule has 0 unspecified atom stereocenters. The van der Waals surface area contributed by atoms with E-state index in [4.69, 9.17) is 0 Å². The number of rotatable bonds is 12. The van der Waals surface area contributed by atoms with Crippen LogP contribution in [0.15, 0.2) is 12.2 Å². The molecule has 0 aromatic rings. The van der Waals surface area contributed by atoms with Crippen molar-refractivity contribution in [2.24, 2.45) is 17.8 Å². The third kappa shape index (κ3) is 64.0. The van der Waals surface area contributed by atoms with E-state index in [0.717, 1.165) is 24.9 Å². The van der Waals surface area contributed by atoms with Crippen LogP contribution in [0.2, 0.25) is 0 Å². The van der Waals surface area contributed by atoms with E-state index in [1.54, 1.807) is 18.7 Å². The summed E-state index contributed by atoms with van der Waals surface area (Å²) >= 11 is 1.75. The highest BCUT2D eigenvalue weighted by Crippen LogP contribution is 2.24. The molecule has 0 aliphatic heterocycles. The number of ketones is 2. The predicted octanol–water partition coefficient (Wildman–Crippen LogP) is 9.08. The van der Waals surface area contributed by atoms with Crippen molar-refractivity contribution in [1.29, 1.82) is 0 Å². The van der Waals surface area contributed by atoms with Crippen molar-refractivity contribution in [3.05, 3.63) is 12.2 Å². The fraction of sp³-hybridized carbons (Fsp3) is 0.871. The van der Waals surface area contributed by atoms with E-state index in [-0.39, 0.29) is 19.3 Å². The zero-order valence-electron chi connectivity index (χ0n) is 27.6. The molecule has 5 heteroatoms. The van der Waals surface area contributed by atoms with Gasteiger partial charge in [0, 0.05) is 45.1 Å². The number of hydrogen-bond acceptors (Lipinski definition) is 5. The fourth-order valence-electron chi connectivity index (χ4n) is 1.57. The highest BCUT2D eigenvalue weighted by atomic mass is 32.2. The van der Waals surface area contributed by atoms with Crippen molar-refractivity contribution in [2.45, 2.75) is 141 Å². The molecule has 4 nitrogen and oxygen atoms in total. The van der Waals surface area contributed by atoms with Crippen LogP contribution in [0.25, 0.3) is 0 Å². The van der Waals surface area contributed by atoms with Crippen molar-refractivity contribution in [2.75, 3.05) is 18.8 Å². The Labute approximate surface area is 236 Å². The summed E-state index contributed by atoms with van der Waals surface area (Å²) < 4.78 is 0.134. The smallest absolute Gasteiger partial charge is 0.145 e. The van der Waals surface area contributed by atoms with E-state index in [1.807, 2.05) is 39.8 Å². The van der Waals surface area contributed by atoms with Gasteiger partial charge < -0.3 is 10.6 Å². The van der Waals surface area contributed by atoms with Gasteiger partial charge in [-0.3, -0.25) is 9.59 Å². The lowest BCUT2D eigenvalue weighted by molar-refractivity contribution is -0.119. The van der Waals surface area contributed by atoms with Crippen molar-refractivity contribution in [3.63, 3.8) is 0 Å². The third-order valence-corrected chi connectivity index (χ3v) is 4.76. The predicted molar refractivity (Wildman–Crippen MR) is 174 cm³/mol. The average molecular weight is 537 g/mol. The number of Topliss-reactive ketones (excluding diaryl/α,β-unsaturated/α-hetero) is 2. The zero-order valence-corrected chi connectivity index (χ0v) is 28.4. The van der Waals surface area contributed by atoms with Crippen LogP contribution in [-0.2, 0) is 9.59 Å². The van der Waals surface area contributed by atoms with Gasteiger partial charge in [-0.1, -0.05) is 109 Å². The van der Waals surface area contributed by atoms with Gasteiger partial charge in [0.2, 0.25) is 0 Å². The number of nitrogens with one attached hydrogen (secondary N) is 2. The highest BCUT2D eigenvalue weighted by Gasteiger charge is 2.20. The fourth-order valence-corrected chi connectivity index (χ4v) is 2.62. The SMILES string of the molecule is CC.CC(=O)C/C=C/CNC(C)C.CC(C)C.CC(C)C.CC(C)NCC(C)(C)SCC(=O)C(C)C.[HH].[HH]. The molecular formula is C31H72N2O2S. The first kappa shape index (κ1) is 45.3. The van der Waals surface area contributed by atoms with E-state index in [9.17, 15) is 9.59 Å². The Kier molecular flexibility index (Phi) is 38.5. The molecule has 0 aromatic heterocycles. The quantitative estimate of drug-likeness (QED) is 0.244. The minimum Gasteiger partial charge on any atom is -0.313 e. The van der Waals surface area contributed by atoms with Gasteiger partial charge in [0.25, 0.3) is 0 Å². The maximum Gasteiger partial charge on any atom is 0.145 e. The van der Waals surface area contributed by atoms with Gasteiger partial charge in [-0.2, -0.15) is 0 Å². The average Bonchev–Trinajstić information content (AvgIpc) is 2.71. The van der Waals surface area contributed by atoms with Crippen LogP contribution < -0.4 is 10.6 Å². The second kappa shape index (κ2) is 30.6. The minimum absolute atomic E-state index is 0. The monoisotopic (exact) mass is 537 g/mol. The molecule has 0 saturated heterocycles. The number of thioether (sulfide) groups is 1. The van der Waals surface area contributed by atoms with E-state index in [2.05, 4.69) is 93.7 Å². The van der Waals surface area contributed by atoms with Gasteiger partial charge in [-0.25, -0.2) is 0 Å². The Balaban J connectivity index is -0.0000000734. The van der Waals surface area contributed by atoms with Crippen LogP contribution in [0, 0.1) is 17.8 Å². The molecule has 0 aromatic carbocycles. The second-order valence-corrected chi connectivity index (χ2v) is 13.3. The Morgan fingerprint density at radius 3 is 1.47 bits per heavy atom. The summed E-state index contributed by atoms with van der Waals surface area (Å²) in [4.78, 5) is 22.0. The molecule has 224 valence electrons. The first-order valence-corrected chi connectivity index (χ1v) is 15.1. The van der Waals surface area contributed by atoms with E-state index >= 15 is 0 Å². The number of carbonyl (C=O) groups excluding carboxylic acids is 2. The van der Waals surface area contributed by atoms with Crippen molar-refractivity contribution in [1.82, 2.24) is 10.6 Å². The highest BCUT2D eigenvalue weighted by molar-refractivity contribution is 8.01. The Morgan fingerprint density at radius 2 is 1.17 bits per heavy atom. The minimum atomic E-state index is 0. The molecule has 0 aliphatic rings. The van der Waals surface area contributed by atoms with E-state index in [1.165, 1.54) is 0 Å². The maximum absolute atomic E-state index is 11.5. The summed E-state index contributed by atoms with van der Waals surface area (Å²) in [7, 11) is 0. The molecule has 0 amide bonds. The number of carbonyl (C=O) groups is 2. The first-order valence-electron chi connectivity index (χ1n) is 14.1. The van der Waals surface area contributed by atoms with Crippen LogP contribution in [0.1, 0.15) is 127 Å². The van der Waals surface area contributed by atoms with Gasteiger partial charge in [-0.15, -0.1) is 11.8 Å². The molecule has 0 fully saturated rings. The summed E-state index contributed by atoms with van der Waals surface area (Å²) in [6, 6.07) is 1.02. The lowest BCUT2D eigenvalue weighted by atomic mass is 10.1. The van der Waals surface area contributed by atoms with E-state index < -0.39 is 0 Å². The van der Waals surface area contributed by atoms with Crippen LogP contribution >= 0.6 is 11.8 Å². The van der Waals surface area contributed by atoms with Crippen molar-refractivity contribution < 1.29 is 12.4 Å². The van der Waals surface area contributed by atoms with Gasteiger partial charge in [-0.05, 0) is 32.6 Å². The van der Waals surface area contributed by atoms with E-state index in [0.29, 0.717) is 30.0 Å². The largest absolute Gasteiger partial charge is 0.313 e. The molecule has 0 spiro atoms. The standard InChI is InChI=1S/C12H25NOS.C9H17NO.2C4H10.C2H6.2H2/c1-9(2)11(14)7-15-12(5,6)8-13-10(3)4;1-8(2)10-7-5-4-6-9(3)11;2*1-4(2)3;1-2;;/h9-10,13H,7-8H2,1-6H3;4-5,8,10H,6-7H2,1-3H3;2*4H,1-3H3;1-2H3;2*1H/b;5-4+;;;;;. The van der Waals surface area contributed by atoms with Crippen molar-refractivity contribution in [3.8, 4) is 0 Å². The van der Waals surface area contributed by atoms with Crippen LogP contribution in [0.5, 0.6) is 0 Å². The summed E-state index contributed by atoms with van der Waals surface area (Å²) in [6.45, 7) is 37.1. The lowest BCUT2D eigenvalue weighted by Gasteiger charge is -2.25. The lowest BCUT2D eigenvalue weighted by Crippen LogP contribution is -2.37. The topological polar surface area (TPSA) is 58.2 Å². The van der Waals surface area contributed by atoms with Gasteiger partial charge in [0.05, 0.1) is 5.75 Å². The Bertz CT molecular complexity index is 497. The normalized spacial score (nSPS) is 10.8. The molecular weight excluding hydrogens is 464 g/mol. The summed E-state index contributed by atoms with van der Waals surface area (Å²) in [5.41, 5.74) is 0. The van der Waals surface area contributed by atoms with Gasteiger partial charge >= 0.3 is 0 Å². The molecule has 0 saturated carbocycles. The number of allylic oxidation sites excluding steroid dienone is 1. The molecule has 0 bridgehead atoms. The molecule has 36 heavy (non-hydrogen) atoms. The molecule has 0 heterocycles. The first-order chi connectivity index (χ1) is 16.3. The molecule has 0 aliphatic carbocycles. The number of hydrogen-bond donors (Lipinski definition) is 2. The molecule has 0 rings (SSSR count). The van der Waals surface area contributed by atoms with Gasteiger partial charge in [0.15, 0.2) is 0 Å². The van der Waals surface area contributed by atoms with Crippen molar-refractivity contribution >= 4 is 23.3 Å². The van der Waals surface area contributed by atoms with Gasteiger partial charge in [0.1, 0.15) is 11.6 Å². The Hall–Kier alpha value is -0.650. The molecule has 0 atom stereocenters. The zero-order chi connectivity index (χ0) is 29.9. The maximum atomic E-state index is 11.5. The third-order valence-electron chi connectivity index (χ3n) is 3.40. The summed E-state index contributed by atoms with van der Waals surface area (Å²) in [6.07, 6.45) is 4.44. The van der Waals surface area contributed by atoms with Crippen LogP contribution in [-0.4, -0.2) is 47.2 Å². The van der Waals surface area contributed by atoms with Crippen LogP contribution in [0.3, 0.4) is 0 Å². The summed E-state index contributed by atoms with van der Waals surface area (Å²) in [5, 5.41) is 6.63. The molecule has 2 N–H and O–H groups in total. The van der Waals surface area contributed by atoms with Crippen LogP contribution in [0.4, 0.5) is 0 Å². The molecule has 0 radical (unpaired) electrons. The Morgan fingerprint density at radius 1 is 0.778 bits per heavy atom. The second-order valence-electron chi connectivity index (χ2n) is 11.6.